The number of hydrogen-bond acceptors (Lipinski definition) is 6. The molecule has 0 aliphatic carbocycles. The number of aryl methyl sites for hydroxylation is 1. The number of H-pyrrole nitrogens is 1. The van der Waals surface area contributed by atoms with Crippen molar-refractivity contribution in [3.05, 3.63) is 48.2 Å². The van der Waals surface area contributed by atoms with Gasteiger partial charge in [0.1, 0.15) is 18.1 Å². The number of nitrogens with one attached hydrogen (secondary N) is 1. The monoisotopic (exact) mass is 337 g/mol. The fourth-order valence-corrected chi connectivity index (χ4v) is 2.66. The number of nitrogens with zero attached hydrogens (tertiary/aromatic N) is 6. The number of methoxy groups -OCH3 is 1. The van der Waals surface area contributed by atoms with Gasteiger partial charge in [-0.05, 0) is 12.1 Å². The number of carbonyl (C=O) groups is 1. The molecule has 0 aliphatic heterocycles. The average Bonchev–Trinajstić information content (AvgIpc) is 3.31. The van der Waals surface area contributed by atoms with Crippen molar-refractivity contribution >= 4 is 17.0 Å². The van der Waals surface area contributed by atoms with Gasteiger partial charge in [-0.15, -0.1) is 5.10 Å². The third-order valence-corrected chi connectivity index (χ3v) is 3.77. The molecule has 0 saturated heterocycles. The molecule has 1 N–H and O–H groups in total. The first kappa shape index (κ1) is 15.1. The number of hydrogen-bond donors (Lipinski definition) is 1. The Bertz CT molecular complexity index is 1030. The van der Waals surface area contributed by atoms with Crippen molar-refractivity contribution in [3.8, 4) is 11.3 Å². The highest BCUT2D eigenvalue weighted by atomic mass is 16.5. The van der Waals surface area contributed by atoms with Gasteiger partial charge in [-0.3, -0.25) is 4.68 Å². The zero-order valence-corrected chi connectivity index (χ0v) is 13.7. The molecule has 9 heteroatoms. The third kappa shape index (κ3) is 2.75. The number of ether oxygens (including phenoxy) is 1. The molecular weight excluding hydrogens is 322 g/mol. The molecule has 0 unspecified atom stereocenters. The normalized spacial score (nSPS) is 11.1. The third-order valence-electron chi connectivity index (χ3n) is 3.77. The minimum atomic E-state index is -0.512. The zero-order chi connectivity index (χ0) is 17.4. The minimum absolute atomic E-state index is 0.209. The summed E-state index contributed by atoms with van der Waals surface area (Å²) in [4.78, 5) is 19.6. The number of aromatic nitrogens is 7. The van der Waals surface area contributed by atoms with Crippen LogP contribution in [0.25, 0.3) is 22.3 Å². The van der Waals surface area contributed by atoms with E-state index in [1.807, 2.05) is 24.3 Å². The number of rotatable bonds is 4. The first-order valence-corrected chi connectivity index (χ1v) is 7.60. The van der Waals surface area contributed by atoms with E-state index in [1.165, 1.54) is 7.11 Å². The summed E-state index contributed by atoms with van der Waals surface area (Å²) < 4.78 is 7.96. The number of fused-ring (bicyclic) bond motifs is 1. The summed E-state index contributed by atoms with van der Waals surface area (Å²) in [5.41, 5.74) is 3.20. The maximum absolute atomic E-state index is 11.9. The Balaban J connectivity index is 1.63. The highest BCUT2D eigenvalue weighted by molar-refractivity contribution is 5.94. The van der Waals surface area contributed by atoms with E-state index in [4.69, 9.17) is 4.74 Å². The molecule has 1 aromatic carbocycles. The summed E-state index contributed by atoms with van der Waals surface area (Å²) in [7, 11) is 3.05. The van der Waals surface area contributed by atoms with Crippen LogP contribution in [0.5, 0.6) is 0 Å². The molecule has 0 atom stereocenters. The first-order chi connectivity index (χ1) is 12.1. The predicted octanol–water partition coefficient (Wildman–Crippen LogP) is 1.39. The molecule has 0 amide bonds. The number of carbonyl (C=O) groups excluding carboxylic acids is 1. The molecule has 0 radical (unpaired) electrons. The summed E-state index contributed by atoms with van der Waals surface area (Å²) in [6.45, 7) is 0.440. The van der Waals surface area contributed by atoms with Gasteiger partial charge >= 0.3 is 5.97 Å². The quantitative estimate of drug-likeness (QED) is 0.564. The Morgan fingerprint density at radius 1 is 1.28 bits per heavy atom. The number of esters is 1. The molecular formula is C16H15N7O2. The Hall–Kier alpha value is -3.49. The average molecular weight is 337 g/mol. The molecule has 4 aromatic rings. The van der Waals surface area contributed by atoms with Crippen molar-refractivity contribution in [2.45, 2.75) is 6.54 Å². The van der Waals surface area contributed by atoms with Crippen molar-refractivity contribution in [1.82, 2.24) is 34.7 Å². The van der Waals surface area contributed by atoms with Gasteiger partial charge in [0.15, 0.2) is 5.69 Å². The maximum Gasteiger partial charge on any atom is 0.359 e. The van der Waals surface area contributed by atoms with Crippen LogP contribution in [-0.2, 0) is 18.3 Å². The largest absolute Gasteiger partial charge is 0.464 e. The molecule has 0 spiro atoms. The van der Waals surface area contributed by atoms with Crippen molar-refractivity contribution in [2.24, 2.45) is 7.05 Å². The van der Waals surface area contributed by atoms with Gasteiger partial charge < -0.3 is 9.72 Å². The van der Waals surface area contributed by atoms with Crippen LogP contribution < -0.4 is 0 Å². The second-order valence-corrected chi connectivity index (χ2v) is 5.56. The predicted molar refractivity (Wildman–Crippen MR) is 88.8 cm³/mol. The van der Waals surface area contributed by atoms with E-state index in [0.29, 0.717) is 17.8 Å². The topological polar surface area (TPSA) is 104 Å². The smallest absolute Gasteiger partial charge is 0.359 e. The standard InChI is InChI=1S/C16H15N7O2/c1-22-7-10(15(20-22)16(24)25-2)13-8-23(21-19-13)9-14-17-11-5-3-4-6-12(11)18-14/h3-8H,9H2,1-2H3,(H,17,18). The Labute approximate surface area is 142 Å². The van der Waals surface area contributed by atoms with E-state index in [1.54, 1.807) is 28.8 Å². The second kappa shape index (κ2) is 5.86. The highest BCUT2D eigenvalue weighted by Gasteiger charge is 2.20. The molecule has 0 saturated carbocycles. The molecule has 25 heavy (non-hydrogen) atoms. The molecule has 0 fully saturated rings. The van der Waals surface area contributed by atoms with Crippen molar-refractivity contribution < 1.29 is 9.53 Å². The summed E-state index contributed by atoms with van der Waals surface area (Å²) >= 11 is 0. The van der Waals surface area contributed by atoms with Gasteiger partial charge in [-0.1, -0.05) is 17.3 Å². The van der Waals surface area contributed by atoms with E-state index in [9.17, 15) is 4.79 Å². The molecule has 126 valence electrons. The van der Waals surface area contributed by atoms with Crippen LogP contribution in [0.2, 0.25) is 0 Å². The van der Waals surface area contributed by atoms with Gasteiger partial charge in [0.2, 0.25) is 0 Å². The van der Waals surface area contributed by atoms with Gasteiger partial charge in [0.05, 0.1) is 29.9 Å². The lowest BCUT2D eigenvalue weighted by Gasteiger charge is -1.96. The minimum Gasteiger partial charge on any atom is -0.464 e. The Kier molecular flexibility index (Phi) is 3.53. The number of aromatic amines is 1. The molecule has 9 nitrogen and oxygen atoms in total. The van der Waals surface area contributed by atoms with Gasteiger partial charge in [0.25, 0.3) is 0 Å². The number of para-hydroxylation sites is 2. The van der Waals surface area contributed by atoms with Crippen LogP contribution in [-0.4, -0.2) is 47.8 Å². The van der Waals surface area contributed by atoms with E-state index >= 15 is 0 Å². The molecule has 4 rings (SSSR count). The van der Waals surface area contributed by atoms with Crippen LogP contribution in [0.4, 0.5) is 0 Å². The maximum atomic E-state index is 11.9. The fourth-order valence-electron chi connectivity index (χ4n) is 2.66. The van der Waals surface area contributed by atoms with Crippen molar-refractivity contribution in [1.29, 1.82) is 0 Å². The second-order valence-electron chi connectivity index (χ2n) is 5.56. The fraction of sp³-hybridized carbons (Fsp3) is 0.188. The van der Waals surface area contributed by atoms with Gasteiger partial charge in [-0.2, -0.15) is 5.10 Å². The van der Waals surface area contributed by atoms with Crippen molar-refractivity contribution in [3.63, 3.8) is 0 Å². The first-order valence-electron chi connectivity index (χ1n) is 7.60. The number of imidazole rings is 1. The summed E-state index contributed by atoms with van der Waals surface area (Å²) in [5, 5.41) is 12.4. The zero-order valence-electron chi connectivity index (χ0n) is 13.7. The van der Waals surface area contributed by atoms with E-state index in [-0.39, 0.29) is 5.69 Å². The molecule has 3 heterocycles. The van der Waals surface area contributed by atoms with Crippen LogP contribution in [0.1, 0.15) is 16.3 Å². The van der Waals surface area contributed by atoms with Crippen LogP contribution in [0.3, 0.4) is 0 Å². The summed E-state index contributed by atoms with van der Waals surface area (Å²) in [6, 6.07) is 7.81. The summed E-state index contributed by atoms with van der Waals surface area (Å²) in [6.07, 6.45) is 3.46. The number of benzene rings is 1. The SMILES string of the molecule is COC(=O)c1nn(C)cc1-c1cn(Cc2nc3ccccc3[nH]2)nn1. The van der Waals surface area contributed by atoms with Crippen LogP contribution >= 0.6 is 0 Å². The lowest BCUT2D eigenvalue weighted by Crippen LogP contribution is -2.04. The van der Waals surface area contributed by atoms with E-state index in [2.05, 4.69) is 25.4 Å². The highest BCUT2D eigenvalue weighted by Crippen LogP contribution is 2.21. The lowest BCUT2D eigenvalue weighted by molar-refractivity contribution is 0.0594. The van der Waals surface area contributed by atoms with Gasteiger partial charge in [-0.25, -0.2) is 14.5 Å². The van der Waals surface area contributed by atoms with Crippen LogP contribution in [0, 0.1) is 0 Å². The molecule has 0 aliphatic rings. The molecule has 3 aromatic heterocycles. The Morgan fingerprint density at radius 2 is 2.12 bits per heavy atom. The Morgan fingerprint density at radius 3 is 2.92 bits per heavy atom. The van der Waals surface area contributed by atoms with E-state index < -0.39 is 5.97 Å². The van der Waals surface area contributed by atoms with Crippen molar-refractivity contribution in [2.75, 3.05) is 7.11 Å². The molecule has 0 bridgehead atoms. The lowest BCUT2D eigenvalue weighted by atomic mass is 10.2. The van der Waals surface area contributed by atoms with Gasteiger partial charge in [0, 0.05) is 13.2 Å². The van der Waals surface area contributed by atoms with Crippen LogP contribution in [0.15, 0.2) is 36.7 Å². The summed E-state index contributed by atoms with van der Waals surface area (Å²) in [5.74, 6) is 0.263. The van der Waals surface area contributed by atoms with E-state index in [0.717, 1.165) is 16.9 Å².